The molecule has 4 nitrogen and oxygen atoms in total. The van der Waals surface area contributed by atoms with Crippen molar-refractivity contribution in [3.8, 4) is 11.5 Å². The molecule has 1 fully saturated rings. The van der Waals surface area contributed by atoms with Gasteiger partial charge in [-0.05, 0) is 42.4 Å². The van der Waals surface area contributed by atoms with Gasteiger partial charge >= 0.3 is 0 Å². The fourth-order valence-electron chi connectivity index (χ4n) is 3.13. The standard InChI is InChI=1S/C16H26N2O2/c1-11-4-6-12(7-5-11)16(18-17)13-8-14(19-2)10-15(9-13)20-3/h8-12,16,18H,4-7,17H2,1-3H3. The van der Waals surface area contributed by atoms with Crippen LogP contribution in [0.5, 0.6) is 11.5 Å². The van der Waals surface area contributed by atoms with E-state index in [9.17, 15) is 0 Å². The summed E-state index contributed by atoms with van der Waals surface area (Å²) in [4.78, 5) is 0. The molecule has 0 spiro atoms. The van der Waals surface area contributed by atoms with Crippen molar-refractivity contribution in [3.05, 3.63) is 23.8 Å². The van der Waals surface area contributed by atoms with Gasteiger partial charge in [0.25, 0.3) is 0 Å². The molecule has 0 aliphatic heterocycles. The van der Waals surface area contributed by atoms with Crippen LogP contribution in [0.15, 0.2) is 18.2 Å². The number of methoxy groups -OCH3 is 2. The van der Waals surface area contributed by atoms with Crippen molar-refractivity contribution in [3.63, 3.8) is 0 Å². The van der Waals surface area contributed by atoms with Gasteiger partial charge in [0.1, 0.15) is 11.5 Å². The van der Waals surface area contributed by atoms with E-state index in [0.29, 0.717) is 5.92 Å². The van der Waals surface area contributed by atoms with Gasteiger partial charge in [-0.15, -0.1) is 0 Å². The molecule has 0 radical (unpaired) electrons. The normalized spacial score (nSPS) is 24.2. The molecule has 20 heavy (non-hydrogen) atoms. The third-order valence-corrected chi connectivity index (χ3v) is 4.44. The lowest BCUT2D eigenvalue weighted by atomic mass is 9.77. The first-order chi connectivity index (χ1) is 9.67. The van der Waals surface area contributed by atoms with E-state index >= 15 is 0 Å². The Morgan fingerprint density at radius 3 is 2.05 bits per heavy atom. The maximum absolute atomic E-state index is 5.82. The number of hydrazine groups is 1. The minimum atomic E-state index is 0.159. The fourth-order valence-corrected chi connectivity index (χ4v) is 3.13. The summed E-state index contributed by atoms with van der Waals surface area (Å²) in [5.74, 6) is 8.85. The minimum Gasteiger partial charge on any atom is -0.497 e. The maximum Gasteiger partial charge on any atom is 0.122 e. The SMILES string of the molecule is COc1cc(OC)cc(C(NN)C2CCC(C)CC2)c1. The maximum atomic E-state index is 5.82. The number of ether oxygens (including phenoxy) is 2. The van der Waals surface area contributed by atoms with E-state index in [4.69, 9.17) is 15.3 Å². The fraction of sp³-hybridized carbons (Fsp3) is 0.625. The molecule has 0 amide bonds. The van der Waals surface area contributed by atoms with Crippen LogP contribution in [0.3, 0.4) is 0 Å². The zero-order valence-electron chi connectivity index (χ0n) is 12.7. The van der Waals surface area contributed by atoms with E-state index in [-0.39, 0.29) is 6.04 Å². The second-order valence-electron chi connectivity index (χ2n) is 5.81. The zero-order chi connectivity index (χ0) is 14.5. The molecule has 1 aliphatic carbocycles. The van der Waals surface area contributed by atoms with Crippen LogP contribution in [0.1, 0.15) is 44.2 Å². The van der Waals surface area contributed by atoms with E-state index in [2.05, 4.69) is 12.3 Å². The Labute approximate surface area is 121 Å². The van der Waals surface area contributed by atoms with E-state index in [1.54, 1.807) is 14.2 Å². The van der Waals surface area contributed by atoms with Crippen LogP contribution in [0.4, 0.5) is 0 Å². The van der Waals surface area contributed by atoms with Gasteiger partial charge in [0.15, 0.2) is 0 Å². The highest BCUT2D eigenvalue weighted by Crippen LogP contribution is 2.38. The van der Waals surface area contributed by atoms with Crippen molar-refractivity contribution in [1.29, 1.82) is 0 Å². The predicted octanol–water partition coefficient (Wildman–Crippen LogP) is 3.03. The van der Waals surface area contributed by atoms with Crippen LogP contribution in [0, 0.1) is 11.8 Å². The number of hydrogen-bond donors (Lipinski definition) is 2. The van der Waals surface area contributed by atoms with Gasteiger partial charge in [0.05, 0.1) is 14.2 Å². The highest BCUT2D eigenvalue weighted by Gasteiger charge is 2.27. The first-order valence-corrected chi connectivity index (χ1v) is 7.37. The van der Waals surface area contributed by atoms with E-state index in [1.165, 1.54) is 25.7 Å². The summed E-state index contributed by atoms with van der Waals surface area (Å²) in [5, 5.41) is 0. The van der Waals surface area contributed by atoms with Gasteiger partial charge in [0, 0.05) is 12.1 Å². The average molecular weight is 278 g/mol. The van der Waals surface area contributed by atoms with Crippen molar-refractivity contribution in [2.24, 2.45) is 17.7 Å². The highest BCUT2D eigenvalue weighted by molar-refractivity contribution is 5.40. The third-order valence-electron chi connectivity index (χ3n) is 4.44. The summed E-state index contributed by atoms with van der Waals surface area (Å²) in [6.07, 6.45) is 5.00. The summed E-state index contributed by atoms with van der Waals surface area (Å²) in [7, 11) is 3.34. The molecular formula is C16H26N2O2. The van der Waals surface area contributed by atoms with Gasteiger partial charge < -0.3 is 9.47 Å². The molecule has 1 unspecified atom stereocenters. The molecule has 1 saturated carbocycles. The molecule has 2 rings (SSSR count). The Hall–Kier alpha value is -1.26. The van der Waals surface area contributed by atoms with Gasteiger partial charge in [-0.1, -0.05) is 19.8 Å². The predicted molar refractivity (Wildman–Crippen MR) is 80.7 cm³/mol. The van der Waals surface area contributed by atoms with Crippen molar-refractivity contribution in [2.45, 2.75) is 38.6 Å². The molecule has 1 aromatic carbocycles. The molecule has 0 aromatic heterocycles. The number of benzene rings is 1. The molecule has 1 aromatic rings. The number of rotatable bonds is 5. The van der Waals surface area contributed by atoms with Crippen LogP contribution in [-0.2, 0) is 0 Å². The molecule has 1 aliphatic rings. The van der Waals surface area contributed by atoms with Gasteiger partial charge in [-0.3, -0.25) is 11.3 Å². The Morgan fingerprint density at radius 2 is 1.60 bits per heavy atom. The monoisotopic (exact) mass is 278 g/mol. The Balaban J connectivity index is 2.22. The topological polar surface area (TPSA) is 56.5 Å². The lowest BCUT2D eigenvalue weighted by molar-refractivity contribution is 0.232. The molecular weight excluding hydrogens is 252 g/mol. The lowest BCUT2D eigenvalue weighted by Gasteiger charge is -2.32. The molecule has 0 heterocycles. The van der Waals surface area contributed by atoms with Gasteiger partial charge in [0.2, 0.25) is 0 Å². The number of nitrogens with two attached hydrogens (primary N) is 1. The lowest BCUT2D eigenvalue weighted by Crippen LogP contribution is -2.35. The van der Waals surface area contributed by atoms with Crippen molar-refractivity contribution in [1.82, 2.24) is 5.43 Å². The smallest absolute Gasteiger partial charge is 0.122 e. The summed E-state index contributed by atoms with van der Waals surface area (Å²) >= 11 is 0. The van der Waals surface area contributed by atoms with Crippen LogP contribution < -0.4 is 20.7 Å². The Morgan fingerprint density at radius 1 is 1.05 bits per heavy atom. The molecule has 4 heteroatoms. The van der Waals surface area contributed by atoms with Crippen LogP contribution in [-0.4, -0.2) is 14.2 Å². The summed E-state index contributed by atoms with van der Waals surface area (Å²) in [5.41, 5.74) is 4.14. The van der Waals surface area contributed by atoms with E-state index in [1.807, 2.05) is 18.2 Å². The Kier molecular flexibility index (Phi) is 5.26. The van der Waals surface area contributed by atoms with Gasteiger partial charge in [-0.2, -0.15) is 0 Å². The van der Waals surface area contributed by atoms with E-state index in [0.717, 1.165) is 23.0 Å². The third kappa shape index (κ3) is 3.44. The van der Waals surface area contributed by atoms with Crippen molar-refractivity contribution >= 4 is 0 Å². The first-order valence-electron chi connectivity index (χ1n) is 7.37. The highest BCUT2D eigenvalue weighted by atomic mass is 16.5. The van der Waals surface area contributed by atoms with E-state index < -0.39 is 0 Å². The van der Waals surface area contributed by atoms with Crippen LogP contribution in [0.25, 0.3) is 0 Å². The van der Waals surface area contributed by atoms with Gasteiger partial charge in [-0.25, -0.2) is 0 Å². The first kappa shape index (κ1) is 15.1. The van der Waals surface area contributed by atoms with Crippen LogP contribution >= 0.6 is 0 Å². The molecule has 1 atom stereocenters. The molecule has 3 N–H and O–H groups in total. The molecule has 0 bridgehead atoms. The summed E-state index contributed by atoms with van der Waals surface area (Å²) in [6.45, 7) is 2.33. The molecule has 0 saturated heterocycles. The average Bonchev–Trinajstić information content (AvgIpc) is 2.49. The van der Waals surface area contributed by atoms with Crippen LogP contribution in [0.2, 0.25) is 0 Å². The Bertz CT molecular complexity index is 406. The largest absolute Gasteiger partial charge is 0.497 e. The summed E-state index contributed by atoms with van der Waals surface area (Å²) < 4.78 is 10.7. The number of nitrogens with one attached hydrogen (secondary N) is 1. The zero-order valence-corrected chi connectivity index (χ0v) is 12.7. The number of hydrogen-bond acceptors (Lipinski definition) is 4. The second-order valence-corrected chi connectivity index (χ2v) is 5.81. The summed E-state index contributed by atoms with van der Waals surface area (Å²) in [6, 6.07) is 6.14. The minimum absolute atomic E-state index is 0.159. The molecule has 112 valence electrons. The quantitative estimate of drug-likeness (QED) is 0.642. The second kappa shape index (κ2) is 6.95. The van der Waals surface area contributed by atoms with Crippen molar-refractivity contribution < 1.29 is 9.47 Å². The van der Waals surface area contributed by atoms with Crippen molar-refractivity contribution in [2.75, 3.05) is 14.2 Å².